The van der Waals surface area contributed by atoms with E-state index in [4.69, 9.17) is 16.7 Å². The van der Waals surface area contributed by atoms with Crippen LogP contribution in [-0.4, -0.2) is 35.1 Å². The van der Waals surface area contributed by atoms with Gasteiger partial charge < -0.3 is 15.3 Å². The SMILES string of the molecule is O=C(O)C1CCCN(C(=O)Nc2c(F)cc(F)cc2Cl)C1. The van der Waals surface area contributed by atoms with E-state index >= 15 is 0 Å². The van der Waals surface area contributed by atoms with Gasteiger partial charge in [0.25, 0.3) is 0 Å². The number of urea groups is 1. The predicted molar refractivity (Wildman–Crippen MR) is 72.3 cm³/mol. The van der Waals surface area contributed by atoms with Crippen molar-refractivity contribution in [3.05, 3.63) is 28.8 Å². The van der Waals surface area contributed by atoms with Crippen LogP contribution in [0, 0.1) is 17.6 Å². The highest BCUT2D eigenvalue weighted by Gasteiger charge is 2.28. The molecule has 1 fully saturated rings. The zero-order chi connectivity index (χ0) is 15.6. The molecule has 1 heterocycles. The first-order chi connectivity index (χ1) is 9.88. The molecule has 1 saturated heterocycles. The zero-order valence-corrected chi connectivity index (χ0v) is 11.7. The highest BCUT2D eigenvalue weighted by atomic mass is 35.5. The van der Waals surface area contributed by atoms with Crippen molar-refractivity contribution >= 4 is 29.3 Å². The van der Waals surface area contributed by atoms with Gasteiger partial charge in [-0.2, -0.15) is 0 Å². The number of hydrogen-bond donors (Lipinski definition) is 2. The van der Waals surface area contributed by atoms with Gasteiger partial charge in [0.05, 0.1) is 16.6 Å². The van der Waals surface area contributed by atoms with Crippen molar-refractivity contribution in [1.29, 1.82) is 0 Å². The molecule has 0 saturated carbocycles. The molecule has 1 unspecified atom stereocenters. The first-order valence-electron chi connectivity index (χ1n) is 6.31. The van der Waals surface area contributed by atoms with Crippen LogP contribution in [0.4, 0.5) is 19.3 Å². The Balaban J connectivity index is 2.10. The standard InChI is InChI=1S/C13H13ClF2N2O3/c14-9-4-8(15)5-10(16)11(9)17-13(21)18-3-1-2-7(6-18)12(19)20/h4-5,7H,1-3,6H2,(H,17,21)(H,19,20). The first-order valence-corrected chi connectivity index (χ1v) is 6.69. The lowest BCUT2D eigenvalue weighted by Crippen LogP contribution is -2.44. The van der Waals surface area contributed by atoms with Crippen molar-refractivity contribution in [2.45, 2.75) is 12.8 Å². The minimum atomic E-state index is -0.986. The number of likely N-dealkylation sites (tertiary alicyclic amines) is 1. The Morgan fingerprint density at radius 1 is 1.38 bits per heavy atom. The van der Waals surface area contributed by atoms with Crippen molar-refractivity contribution in [3.63, 3.8) is 0 Å². The molecular formula is C13H13ClF2N2O3. The average Bonchev–Trinajstić information content (AvgIpc) is 2.42. The molecule has 0 bridgehead atoms. The number of carbonyl (C=O) groups excluding carboxylic acids is 1. The maximum absolute atomic E-state index is 13.6. The Kier molecular flexibility index (Phi) is 4.62. The molecule has 1 aromatic rings. The van der Waals surface area contributed by atoms with Crippen LogP contribution >= 0.6 is 11.6 Å². The summed E-state index contributed by atoms with van der Waals surface area (Å²) in [6.45, 7) is 0.414. The lowest BCUT2D eigenvalue weighted by Gasteiger charge is -2.30. The minimum absolute atomic E-state index is 0.0433. The average molecular weight is 319 g/mol. The Morgan fingerprint density at radius 3 is 2.71 bits per heavy atom. The molecule has 21 heavy (non-hydrogen) atoms. The summed E-state index contributed by atoms with van der Waals surface area (Å²) in [6.07, 6.45) is 1.04. The van der Waals surface area contributed by atoms with E-state index in [1.165, 1.54) is 4.90 Å². The second kappa shape index (κ2) is 6.26. The van der Waals surface area contributed by atoms with E-state index in [-0.39, 0.29) is 17.3 Å². The number of rotatable bonds is 2. The van der Waals surface area contributed by atoms with Crippen molar-refractivity contribution in [2.24, 2.45) is 5.92 Å². The van der Waals surface area contributed by atoms with Crippen LogP contribution in [0.2, 0.25) is 5.02 Å². The third-order valence-corrected chi connectivity index (χ3v) is 3.59. The van der Waals surface area contributed by atoms with Crippen LogP contribution in [0.3, 0.4) is 0 Å². The van der Waals surface area contributed by atoms with Gasteiger partial charge in [-0.15, -0.1) is 0 Å². The molecule has 0 aliphatic carbocycles. The summed E-state index contributed by atoms with van der Waals surface area (Å²) < 4.78 is 26.5. The van der Waals surface area contributed by atoms with Crippen LogP contribution in [-0.2, 0) is 4.79 Å². The smallest absolute Gasteiger partial charge is 0.321 e. The van der Waals surface area contributed by atoms with Gasteiger partial charge in [-0.1, -0.05) is 11.6 Å². The summed E-state index contributed by atoms with van der Waals surface area (Å²) in [5.41, 5.74) is -0.319. The highest BCUT2D eigenvalue weighted by molar-refractivity contribution is 6.33. The Bertz CT molecular complexity index is 560. The van der Waals surface area contributed by atoms with E-state index in [2.05, 4.69) is 5.32 Å². The third kappa shape index (κ3) is 3.60. The van der Waals surface area contributed by atoms with Crippen LogP contribution in [0.5, 0.6) is 0 Å². The molecule has 1 aromatic carbocycles. The van der Waals surface area contributed by atoms with Gasteiger partial charge in [-0.3, -0.25) is 4.79 Å². The number of carboxylic acids is 1. The van der Waals surface area contributed by atoms with Gasteiger partial charge in [-0.05, 0) is 18.9 Å². The normalized spacial score (nSPS) is 18.4. The van der Waals surface area contributed by atoms with Gasteiger partial charge in [0.1, 0.15) is 5.82 Å². The molecule has 1 aliphatic rings. The molecule has 0 spiro atoms. The second-order valence-corrected chi connectivity index (χ2v) is 5.21. The molecule has 5 nitrogen and oxygen atoms in total. The van der Waals surface area contributed by atoms with Crippen molar-refractivity contribution in [3.8, 4) is 0 Å². The maximum Gasteiger partial charge on any atom is 0.321 e. The van der Waals surface area contributed by atoms with E-state index in [9.17, 15) is 18.4 Å². The monoisotopic (exact) mass is 318 g/mol. The fourth-order valence-electron chi connectivity index (χ4n) is 2.21. The largest absolute Gasteiger partial charge is 0.481 e. The highest BCUT2D eigenvalue weighted by Crippen LogP contribution is 2.27. The second-order valence-electron chi connectivity index (χ2n) is 4.80. The Morgan fingerprint density at radius 2 is 2.10 bits per heavy atom. The van der Waals surface area contributed by atoms with E-state index in [0.717, 1.165) is 6.07 Å². The van der Waals surface area contributed by atoms with Crippen molar-refractivity contribution in [2.75, 3.05) is 18.4 Å². The minimum Gasteiger partial charge on any atom is -0.481 e. The number of amides is 2. The van der Waals surface area contributed by atoms with E-state index in [1.54, 1.807) is 0 Å². The molecule has 0 aromatic heterocycles. The lowest BCUT2D eigenvalue weighted by atomic mass is 9.99. The summed E-state index contributed by atoms with van der Waals surface area (Å²) >= 11 is 5.69. The number of aliphatic carboxylic acids is 1. The fourth-order valence-corrected chi connectivity index (χ4v) is 2.45. The Labute approximate surface area is 124 Å². The molecule has 114 valence electrons. The summed E-state index contributed by atoms with van der Waals surface area (Å²) in [5.74, 6) is -3.45. The molecule has 2 N–H and O–H groups in total. The predicted octanol–water partition coefficient (Wildman–Crippen LogP) is 2.95. The van der Waals surface area contributed by atoms with Crippen LogP contribution in [0.25, 0.3) is 0 Å². The summed E-state index contributed by atoms with van der Waals surface area (Å²) in [5, 5.41) is 11.0. The maximum atomic E-state index is 13.6. The number of anilines is 1. The summed E-state index contributed by atoms with van der Waals surface area (Å²) in [7, 11) is 0. The third-order valence-electron chi connectivity index (χ3n) is 3.30. The first kappa shape index (κ1) is 15.5. The van der Waals surface area contributed by atoms with Crippen LogP contribution < -0.4 is 5.32 Å². The van der Waals surface area contributed by atoms with Gasteiger partial charge in [0.15, 0.2) is 5.82 Å². The number of carbonyl (C=O) groups is 2. The number of piperidine rings is 1. The summed E-state index contributed by atoms with van der Waals surface area (Å²) in [6, 6.07) is 0.835. The van der Waals surface area contributed by atoms with E-state index < -0.39 is 29.6 Å². The van der Waals surface area contributed by atoms with Crippen LogP contribution in [0.15, 0.2) is 12.1 Å². The van der Waals surface area contributed by atoms with Crippen molar-refractivity contribution in [1.82, 2.24) is 4.90 Å². The number of carboxylic acid groups (broad SMARTS) is 1. The molecule has 0 radical (unpaired) electrons. The molecule has 1 aliphatic heterocycles. The number of nitrogens with zero attached hydrogens (tertiary/aromatic N) is 1. The van der Waals surface area contributed by atoms with Crippen molar-refractivity contribution < 1.29 is 23.5 Å². The number of halogens is 3. The van der Waals surface area contributed by atoms with Crippen LogP contribution in [0.1, 0.15) is 12.8 Å². The molecule has 2 rings (SSSR count). The fraction of sp³-hybridized carbons (Fsp3) is 0.385. The molecule has 1 atom stereocenters. The lowest BCUT2D eigenvalue weighted by molar-refractivity contribution is -0.143. The zero-order valence-electron chi connectivity index (χ0n) is 10.9. The number of nitrogens with one attached hydrogen (secondary N) is 1. The number of hydrogen-bond acceptors (Lipinski definition) is 2. The topological polar surface area (TPSA) is 69.6 Å². The summed E-state index contributed by atoms with van der Waals surface area (Å²) in [4.78, 5) is 24.3. The van der Waals surface area contributed by atoms with Gasteiger partial charge in [-0.25, -0.2) is 13.6 Å². The van der Waals surface area contributed by atoms with E-state index in [0.29, 0.717) is 25.5 Å². The van der Waals surface area contributed by atoms with Gasteiger partial charge >= 0.3 is 12.0 Å². The number of benzene rings is 1. The van der Waals surface area contributed by atoms with Gasteiger partial charge in [0, 0.05) is 19.2 Å². The van der Waals surface area contributed by atoms with Gasteiger partial charge in [0.2, 0.25) is 0 Å². The molecular weight excluding hydrogens is 306 g/mol. The quantitative estimate of drug-likeness (QED) is 0.881. The molecule has 8 heteroatoms. The van der Waals surface area contributed by atoms with E-state index in [1.807, 2.05) is 0 Å². The molecule has 2 amide bonds. The Hall–Kier alpha value is -1.89.